The lowest BCUT2D eigenvalue weighted by Gasteiger charge is -2.09. The summed E-state index contributed by atoms with van der Waals surface area (Å²) in [7, 11) is 1.90. The zero-order valence-corrected chi connectivity index (χ0v) is 8.95. The summed E-state index contributed by atoms with van der Waals surface area (Å²) >= 11 is 1.66. The second kappa shape index (κ2) is 3.79. The highest BCUT2D eigenvalue weighted by Crippen LogP contribution is 2.19. The Morgan fingerprint density at radius 3 is 3.00 bits per heavy atom. The number of nitrogens with zero attached hydrogens (tertiary/aromatic N) is 3. The fourth-order valence-electron chi connectivity index (χ4n) is 1.26. The smallest absolute Gasteiger partial charge is 0.115 e. The largest absolute Gasteiger partial charge is 0.374 e. The molecule has 0 amide bonds. The van der Waals surface area contributed by atoms with E-state index in [0.717, 1.165) is 10.7 Å². The van der Waals surface area contributed by atoms with Gasteiger partial charge in [-0.15, -0.1) is 11.3 Å². The highest BCUT2D eigenvalue weighted by atomic mass is 32.1. The molecule has 0 spiro atoms. The lowest BCUT2D eigenvalue weighted by Crippen LogP contribution is -2.05. The van der Waals surface area contributed by atoms with E-state index < -0.39 is 0 Å². The highest BCUT2D eigenvalue weighted by Gasteiger charge is 2.07. The van der Waals surface area contributed by atoms with Gasteiger partial charge in [0.15, 0.2) is 0 Å². The summed E-state index contributed by atoms with van der Waals surface area (Å²) in [5.41, 5.74) is 1.02. The Bertz CT molecular complexity index is 393. The summed E-state index contributed by atoms with van der Waals surface area (Å²) in [6.07, 6.45) is 5.58. The van der Waals surface area contributed by atoms with Crippen molar-refractivity contribution in [2.75, 3.05) is 5.32 Å². The van der Waals surface area contributed by atoms with Crippen molar-refractivity contribution in [2.24, 2.45) is 7.05 Å². The Hall–Kier alpha value is -1.36. The van der Waals surface area contributed by atoms with Gasteiger partial charge in [0, 0.05) is 24.8 Å². The molecule has 1 atom stereocenters. The number of aromatic nitrogens is 3. The maximum Gasteiger partial charge on any atom is 0.115 e. The SMILES string of the molecule is CC(Nc1cnn(C)c1)c1nccs1. The monoisotopic (exact) mass is 208 g/mol. The van der Waals surface area contributed by atoms with Gasteiger partial charge in [-0.25, -0.2) is 4.98 Å². The van der Waals surface area contributed by atoms with Crippen molar-refractivity contribution in [3.8, 4) is 0 Å². The summed E-state index contributed by atoms with van der Waals surface area (Å²) in [5.74, 6) is 0. The van der Waals surface area contributed by atoms with Crippen LogP contribution in [0.1, 0.15) is 18.0 Å². The normalized spacial score (nSPS) is 12.7. The molecule has 2 aromatic rings. The third kappa shape index (κ3) is 1.93. The van der Waals surface area contributed by atoms with E-state index in [1.54, 1.807) is 16.0 Å². The zero-order chi connectivity index (χ0) is 9.97. The molecule has 0 bridgehead atoms. The lowest BCUT2D eigenvalue weighted by molar-refractivity contribution is 0.767. The Kier molecular flexibility index (Phi) is 2.49. The molecular weight excluding hydrogens is 196 g/mol. The molecule has 14 heavy (non-hydrogen) atoms. The van der Waals surface area contributed by atoms with Crippen LogP contribution in [0.15, 0.2) is 24.0 Å². The summed E-state index contributed by atoms with van der Waals surface area (Å²) in [6, 6.07) is 0.235. The molecule has 0 aromatic carbocycles. The van der Waals surface area contributed by atoms with E-state index in [4.69, 9.17) is 0 Å². The van der Waals surface area contributed by atoms with Gasteiger partial charge in [-0.1, -0.05) is 0 Å². The first-order valence-corrected chi connectivity index (χ1v) is 5.28. The topological polar surface area (TPSA) is 42.7 Å². The van der Waals surface area contributed by atoms with Gasteiger partial charge >= 0.3 is 0 Å². The number of aryl methyl sites for hydroxylation is 1. The minimum Gasteiger partial charge on any atom is -0.374 e. The van der Waals surface area contributed by atoms with Crippen LogP contribution in [0.5, 0.6) is 0 Å². The van der Waals surface area contributed by atoms with Crippen LogP contribution in [-0.4, -0.2) is 14.8 Å². The van der Waals surface area contributed by atoms with Gasteiger partial charge in [0.25, 0.3) is 0 Å². The van der Waals surface area contributed by atoms with E-state index in [2.05, 4.69) is 22.3 Å². The Morgan fingerprint density at radius 2 is 2.43 bits per heavy atom. The first kappa shape index (κ1) is 9.21. The molecule has 0 fully saturated rings. The summed E-state index contributed by atoms with van der Waals surface area (Å²) in [6.45, 7) is 2.09. The summed E-state index contributed by atoms with van der Waals surface area (Å²) < 4.78 is 1.77. The van der Waals surface area contributed by atoms with Crippen molar-refractivity contribution >= 4 is 17.0 Å². The second-order valence-corrected chi connectivity index (χ2v) is 4.07. The molecule has 5 heteroatoms. The Morgan fingerprint density at radius 1 is 1.57 bits per heavy atom. The average molecular weight is 208 g/mol. The van der Waals surface area contributed by atoms with Gasteiger partial charge in [-0.05, 0) is 6.92 Å². The van der Waals surface area contributed by atoms with E-state index in [9.17, 15) is 0 Å². The quantitative estimate of drug-likeness (QED) is 0.839. The number of rotatable bonds is 3. The molecule has 0 aliphatic rings. The van der Waals surface area contributed by atoms with Crippen LogP contribution in [0, 0.1) is 0 Å². The van der Waals surface area contributed by atoms with Crippen LogP contribution in [-0.2, 0) is 7.05 Å². The van der Waals surface area contributed by atoms with Crippen molar-refractivity contribution in [2.45, 2.75) is 13.0 Å². The molecule has 2 aromatic heterocycles. The summed E-state index contributed by atoms with van der Waals surface area (Å²) in [4.78, 5) is 4.25. The fourth-order valence-corrected chi connectivity index (χ4v) is 1.90. The molecule has 4 nitrogen and oxygen atoms in total. The third-order valence-corrected chi connectivity index (χ3v) is 2.87. The Balaban J connectivity index is 2.05. The lowest BCUT2D eigenvalue weighted by atomic mass is 10.3. The van der Waals surface area contributed by atoms with Crippen LogP contribution in [0.2, 0.25) is 0 Å². The van der Waals surface area contributed by atoms with Crippen LogP contribution < -0.4 is 5.32 Å². The molecule has 2 rings (SSSR count). The summed E-state index contributed by atoms with van der Waals surface area (Å²) in [5, 5.41) is 10.5. The molecular formula is C9H12N4S. The van der Waals surface area contributed by atoms with Crippen molar-refractivity contribution in [1.29, 1.82) is 0 Å². The van der Waals surface area contributed by atoms with Crippen molar-refractivity contribution in [1.82, 2.24) is 14.8 Å². The maximum absolute atomic E-state index is 4.25. The van der Waals surface area contributed by atoms with Crippen molar-refractivity contribution in [3.05, 3.63) is 29.0 Å². The van der Waals surface area contributed by atoms with E-state index >= 15 is 0 Å². The molecule has 1 unspecified atom stereocenters. The van der Waals surface area contributed by atoms with Crippen LogP contribution >= 0.6 is 11.3 Å². The van der Waals surface area contributed by atoms with Gasteiger partial charge < -0.3 is 5.32 Å². The van der Waals surface area contributed by atoms with Crippen LogP contribution in [0.25, 0.3) is 0 Å². The van der Waals surface area contributed by atoms with Gasteiger partial charge in [0.2, 0.25) is 0 Å². The van der Waals surface area contributed by atoms with Gasteiger partial charge in [-0.3, -0.25) is 4.68 Å². The Labute approximate surface area is 86.6 Å². The van der Waals surface area contributed by atoms with E-state index in [-0.39, 0.29) is 6.04 Å². The first-order valence-electron chi connectivity index (χ1n) is 4.40. The molecule has 0 saturated carbocycles. The van der Waals surface area contributed by atoms with Gasteiger partial charge in [0.05, 0.1) is 17.9 Å². The molecule has 74 valence electrons. The zero-order valence-electron chi connectivity index (χ0n) is 8.14. The average Bonchev–Trinajstić information content (AvgIpc) is 2.75. The highest BCUT2D eigenvalue weighted by molar-refractivity contribution is 7.09. The number of nitrogens with one attached hydrogen (secondary N) is 1. The fraction of sp³-hybridized carbons (Fsp3) is 0.333. The van der Waals surface area contributed by atoms with Crippen molar-refractivity contribution in [3.63, 3.8) is 0 Å². The van der Waals surface area contributed by atoms with E-state index in [1.165, 1.54) is 0 Å². The number of hydrogen-bond acceptors (Lipinski definition) is 4. The van der Waals surface area contributed by atoms with Crippen LogP contribution in [0.3, 0.4) is 0 Å². The predicted octanol–water partition coefficient (Wildman–Crippen LogP) is 2.05. The first-order chi connectivity index (χ1) is 6.75. The molecule has 0 aliphatic heterocycles. The third-order valence-electron chi connectivity index (χ3n) is 1.91. The minimum atomic E-state index is 0.235. The molecule has 0 saturated heterocycles. The maximum atomic E-state index is 4.25. The molecule has 1 N–H and O–H groups in total. The van der Waals surface area contributed by atoms with Gasteiger partial charge in [0.1, 0.15) is 5.01 Å². The number of anilines is 1. The predicted molar refractivity (Wildman–Crippen MR) is 57.4 cm³/mol. The number of hydrogen-bond donors (Lipinski definition) is 1. The van der Waals surface area contributed by atoms with E-state index in [1.807, 2.05) is 31.0 Å². The minimum absolute atomic E-state index is 0.235. The second-order valence-electron chi connectivity index (χ2n) is 3.14. The van der Waals surface area contributed by atoms with Crippen LogP contribution in [0.4, 0.5) is 5.69 Å². The van der Waals surface area contributed by atoms with Gasteiger partial charge in [-0.2, -0.15) is 5.10 Å². The van der Waals surface area contributed by atoms with Crippen molar-refractivity contribution < 1.29 is 0 Å². The number of thiazole rings is 1. The standard InChI is InChI=1S/C9H12N4S/c1-7(9-10-3-4-14-9)12-8-5-11-13(2)6-8/h3-7,12H,1-2H3. The molecule has 0 aliphatic carbocycles. The molecule has 2 heterocycles. The molecule has 0 radical (unpaired) electrons. The van der Waals surface area contributed by atoms with E-state index in [0.29, 0.717) is 0 Å².